The smallest absolute Gasteiger partial charge is 0.358 e. The van der Waals surface area contributed by atoms with E-state index in [1.807, 2.05) is 18.2 Å². The summed E-state index contributed by atoms with van der Waals surface area (Å²) in [4.78, 5) is 31.7. The van der Waals surface area contributed by atoms with E-state index in [2.05, 4.69) is 4.98 Å². The number of esters is 1. The molecular formula is C22H19FN2O3S. The molecular weight excluding hydrogens is 391 g/mol. The maximum atomic E-state index is 13.1. The van der Waals surface area contributed by atoms with Crippen LogP contribution in [0.15, 0.2) is 60.0 Å². The molecule has 0 unspecified atom stereocenters. The van der Waals surface area contributed by atoms with Gasteiger partial charge in [0.15, 0.2) is 5.69 Å². The van der Waals surface area contributed by atoms with Crippen LogP contribution in [0.5, 0.6) is 0 Å². The van der Waals surface area contributed by atoms with Gasteiger partial charge in [-0.05, 0) is 37.1 Å². The summed E-state index contributed by atoms with van der Waals surface area (Å²) in [7, 11) is 0. The van der Waals surface area contributed by atoms with Gasteiger partial charge in [0.2, 0.25) is 6.10 Å². The van der Waals surface area contributed by atoms with Crippen molar-refractivity contribution in [1.82, 2.24) is 9.88 Å². The van der Waals surface area contributed by atoms with E-state index in [1.165, 1.54) is 23.5 Å². The second-order valence-electron chi connectivity index (χ2n) is 6.77. The number of likely N-dealkylation sites (tertiary alicyclic amines) is 1. The van der Waals surface area contributed by atoms with Crippen molar-refractivity contribution >= 4 is 23.2 Å². The number of amides is 1. The van der Waals surface area contributed by atoms with Crippen LogP contribution >= 0.6 is 11.3 Å². The van der Waals surface area contributed by atoms with Crippen molar-refractivity contribution in [2.45, 2.75) is 18.9 Å². The van der Waals surface area contributed by atoms with Crippen molar-refractivity contribution in [3.05, 3.63) is 77.1 Å². The van der Waals surface area contributed by atoms with Gasteiger partial charge in [0.1, 0.15) is 10.8 Å². The van der Waals surface area contributed by atoms with Crippen LogP contribution in [0.2, 0.25) is 0 Å². The molecule has 1 saturated heterocycles. The molecule has 0 N–H and O–H groups in total. The lowest BCUT2D eigenvalue weighted by Gasteiger charge is -2.23. The van der Waals surface area contributed by atoms with Gasteiger partial charge in [-0.15, -0.1) is 11.3 Å². The van der Waals surface area contributed by atoms with E-state index < -0.39 is 12.1 Å². The first kappa shape index (κ1) is 19.3. The molecule has 29 heavy (non-hydrogen) atoms. The molecule has 1 aliphatic rings. The highest BCUT2D eigenvalue weighted by molar-refractivity contribution is 7.13. The summed E-state index contributed by atoms with van der Waals surface area (Å²) in [5, 5.41) is 2.17. The molecule has 1 fully saturated rings. The molecule has 4 rings (SSSR count). The lowest BCUT2D eigenvalue weighted by molar-refractivity contribution is -0.140. The van der Waals surface area contributed by atoms with E-state index in [9.17, 15) is 14.0 Å². The molecule has 2 aromatic carbocycles. The Labute approximate surface area is 171 Å². The highest BCUT2D eigenvalue weighted by atomic mass is 32.1. The fraction of sp³-hybridized carbons (Fsp3) is 0.227. The topological polar surface area (TPSA) is 59.5 Å². The number of nitrogens with zero attached hydrogens (tertiary/aromatic N) is 2. The van der Waals surface area contributed by atoms with Crippen molar-refractivity contribution in [2.75, 3.05) is 13.1 Å². The summed E-state index contributed by atoms with van der Waals surface area (Å²) in [6.45, 7) is 1.34. The Morgan fingerprint density at radius 3 is 2.41 bits per heavy atom. The van der Waals surface area contributed by atoms with Gasteiger partial charge < -0.3 is 9.64 Å². The number of rotatable bonds is 5. The van der Waals surface area contributed by atoms with Crippen LogP contribution in [-0.2, 0) is 9.53 Å². The van der Waals surface area contributed by atoms with Gasteiger partial charge in [-0.2, -0.15) is 0 Å². The Kier molecular flexibility index (Phi) is 5.67. The Morgan fingerprint density at radius 2 is 1.72 bits per heavy atom. The van der Waals surface area contributed by atoms with Crippen LogP contribution in [0, 0.1) is 5.82 Å². The predicted octanol–water partition coefficient (Wildman–Crippen LogP) is 4.47. The summed E-state index contributed by atoms with van der Waals surface area (Å²) in [5.74, 6) is -1.21. The van der Waals surface area contributed by atoms with Gasteiger partial charge in [0.05, 0.1) is 0 Å². The highest BCUT2D eigenvalue weighted by Crippen LogP contribution is 2.27. The average Bonchev–Trinajstić information content (AvgIpc) is 3.45. The minimum Gasteiger partial charge on any atom is -0.443 e. The number of ether oxygens (including phenoxy) is 1. The Balaban J connectivity index is 1.55. The summed E-state index contributed by atoms with van der Waals surface area (Å²) in [6.07, 6.45) is 0.903. The summed E-state index contributed by atoms with van der Waals surface area (Å²) >= 11 is 1.26. The number of benzene rings is 2. The average molecular weight is 410 g/mol. The first-order valence-electron chi connectivity index (χ1n) is 9.38. The number of carbonyl (C=O) groups excluding carboxylic acids is 2. The van der Waals surface area contributed by atoms with Crippen LogP contribution in [0.25, 0.3) is 10.6 Å². The number of hydrogen-bond donors (Lipinski definition) is 0. The van der Waals surface area contributed by atoms with Gasteiger partial charge in [-0.25, -0.2) is 14.2 Å². The maximum absolute atomic E-state index is 13.1. The zero-order valence-corrected chi connectivity index (χ0v) is 16.4. The fourth-order valence-corrected chi connectivity index (χ4v) is 4.05. The van der Waals surface area contributed by atoms with E-state index >= 15 is 0 Å². The van der Waals surface area contributed by atoms with Crippen molar-refractivity contribution in [2.24, 2.45) is 0 Å². The molecule has 148 valence electrons. The van der Waals surface area contributed by atoms with E-state index in [0.29, 0.717) is 29.2 Å². The second-order valence-corrected chi connectivity index (χ2v) is 7.63. The van der Waals surface area contributed by atoms with Crippen LogP contribution in [-0.4, -0.2) is 34.8 Å². The highest BCUT2D eigenvalue weighted by Gasteiger charge is 2.31. The molecule has 2 heterocycles. The monoisotopic (exact) mass is 410 g/mol. The van der Waals surface area contributed by atoms with Crippen molar-refractivity contribution in [3.63, 3.8) is 0 Å². The first-order valence-corrected chi connectivity index (χ1v) is 10.3. The van der Waals surface area contributed by atoms with E-state index in [4.69, 9.17) is 4.74 Å². The number of aromatic nitrogens is 1. The van der Waals surface area contributed by atoms with Gasteiger partial charge in [-0.3, -0.25) is 4.79 Å². The molecule has 0 aliphatic carbocycles. The van der Waals surface area contributed by atoms with Gasteiger partial charge in [0, 0.05) is 29.6 Å². The number of thiazole rings is 1. The lowest BCUT2D eigenvalue weighted by atomic mass is 10.1. The number of hydrogen-bond acceptors (Lipinski definition) is 5. The summed E-state index contributed by atoms with van der Waals surface area (Å²) in [6, 6.07) is 14.9. The van der Waals surface area contributed by atoms with Gasteiger partial charge >= 0.3 is 5.97 Å². The SMILES string of the molecule is O=C(O[C@H](C(=O)N1CCCC1)c1ccccc1)c1csc(-c2ccc(F)cc2)n1. The minimum atomic E-state index is -1.00. The third kappa shape index (κ3) is 4.35. The number of carbonyl (C=O) groups is 2. The molecule has 1 aliphatic heterocycles. The van der Waals surface area contributed by atoms with E-state index in [-0.39, 0.29) is 17.4 Å². The largest absolute Gasteiger partial charge is 0.443 e. The number of halogens is 1. The van der Waals surface area contributed by atoms with Gasteiger partial charge in [-0.1, -0.05) is 30.3 Å². The molecule has 1 amide bonds. The minimum absolute atomic E-state index is 0.129. The van der Waals surface area contributed by atoms with E-state index in [0.717, 1.165) is 12.8 Å². The quantitative estimate of drug-likeness (QED) is 0.583. The van der Waals surface area contributed by atoms with Crippen LogP contribution in [0.4, 0.5) is 4.39 Å². The van der Waals surface area contributed by atoms with Crippen molar-refractivity contribution < 1.29 is 18.7 Å². The van der Waals surface area contributed by atoms with Crippen molar-refractivity contribution in [1.29, 1.82) is 0 Å². The molecule has 3 aromatic rings. The normalized spacial score (nSPS) is 14.6. The third-order valence-electron chi connectivity index (χ3n) is 4.77. The Hall–Kier alpha value is -3.06. The Bertz CT molecular complexity index is 998. The molecule has 0 radical (unpaired) electrons. The molecule has 0 bridgehead atoms. The second kappa shape index (κ2) is 8.53. The Morgan fingerprint density at radius 1 is 1.03 bits per heavy atom. The molecule has 5 nitrogen and oxygen atoms in total. The van der Waals surface area contributed by atoms with E-state index in [1.54, 1.807) is 34.5 Å². The predicted molar refractivity (Wildman–Crippen MR) is 108 cm³/mol. The van der Waals surface area contributed by atoms with Crippen LogP contribution in [0.1, 0.15) is 35.0 Å². The maximum Gasteiger partial charge on any atom is 0.358 e. The summed E-state index contributed by atoms with van der Waals surface area (Å²) < 4.78 is 18.7. The van der Waals surface area contributed by atoms with Crippen molar-refractivity contribution in [3.8, 4) is 10.6 Å². The van der Waals surface area contributed by atoms with Crippen LogP contribution in [0.3, 0.4) is 0 Å². The molecule has 0 saturated carbocycles. The standard InChI is InChI=1S/C22H19FN2O3S/c23-17-10-8-16(9-11-17)20-24-18(14-29-20)22(27)28-19(15-6-2-1-3-7-15)21(26)25-12-4-5-13-25/h1-3,6-11,14,19H,4-5,12-13H2/t19-/m0/s1. The zero-order valence-electron chi connectivity index (χ0n) is 15.6. The third-order valence-corrected chi connectivity index (χ3v) is 5.67. The molecule has 7 heteroatoms. The lowest BCUT2D eigenvalue weighted by Crippen LogP contribution is -2.34. The van der Waals surface area contributed by atoms with Gasteiger partial charge in [0.25, 0.3) is 5.91 Å². The molecule has 0 spiro atoms. The molecule has 1 aromatic heterocycles. The molecule has 1 atom stereocenters. The first-order chi connectivity index (χ1) is 14.1. The van der Waals surface area contributed by atoms with Crippen LogP contribution < -0.4 is 0 Å². The summed E-state index contributed by atoms with van der Waals surface area (Å²) in [5.41, 5.74) is 1.47. The zero-order chi connectivity index (χ0) is 20.2. The fourth-order valence-electron chi connectivity index (χ4n) is 3.25.